The second kappa shape index (κ2) is 9.94. The van der Waals surface area contributed by atoms with Gasteiger partial charge in [-0.25, -0.2) is 9.59 Å². The summed E-state index contributed by atoms with van der Waals surface area (Å²) in [5, 5.41) is 11.1. The third-order valence-electron chi connectivity index (χ3n) is 4.25. The number of nitrogens with zero attached hydrogens (tertiary/aromatic N) is 2. The average Bonchev–Trinajstić information content (AvgIpc) is 2.76. The molecule has 0 aliphatic heterocycles. The molecule has 0 bridgehead atoms. The molecule has 0 aliphatic rings. The van der Waals surface area contributed by atoms with E-state index < -0.39 is 21.9 Å². The highest BCUT2D eigenvalue weighted by Crippen LogP contribution is 2.15. The van der Waals surface area contributed by atoms with Gasteiger partial charge in [0.15, 0.2) is 0 Å². The molecular weight excluding hydrogens is 416 g/mol. The van der Waals surface area contributed by atoms with Crippen LogP contribution in [0, 0.1) is 10.1 Å². The fraction of sp³-hybridized carbons (Fsp3) is 0.0909. The highest BCUT2D eigenvalue weighted by Gasteiger charge is 2.18. The Morgan fingerprint density at radius 2 is 1.69 bits per heavy atom. The molecule has 0 saturated heterocycles. The molecule has 10 heteroatoms. The zero-order valence-electron chi connectivity index (χ0n) is 16.9. The largest absolute Gasteiger partial charge is 0.462 e. The first-order valence-corrected chi connectivity index (χ1v) is 9.47. The van der Waals surface area contributed by atoms with Crippen LogP contribution in [-0.2, 0) is 4.74 Å². The van der Waals surface area contributed by atoms with Crippen molar-refractivity contribution in [2.24, 2.45) is 4.99 Å². The minimum absolute atomic E-state index is 0.194. The fourth-order valence-electron chi connectivity index (χ4n) is 2.72. The van der Waals surface area contributed by atoms with Crippen molar-refractivity contribution >= 4 is 35.7 Å². The maximum absolute atomic E-state index is 11.7. The summed E-state index contributed by atoms with van der Waals surface area (Å²) >= 11 is 0. The average molecular weight is 434 g/mol. The Balaban J connectivity index is 1.72. The maximum Gasteiger partial charge on any atom is 0.357 e. The zero-order chi connectivity index (χ0) is 23.1. The number of nitrogens with one attached hydrogen (secondary N) is 2. The summed E-state index contributed by atoms with van der Waals surface area (Å²) in [4.78, 5) is 53.4. The van der Waals surface area contributed by atoms with Crippen molar-refractivity contribution in [3.05, 3.63) is 102 Å². The van der Waals surface area contributed by atoms with E-state index in [9.17, 15) is 24.5 Å². The smallest absolute Gasteiger partial charge is 0.357 e. The lowest BCUT2D eigenvalue weighted by molar-refractivity contribution is -0.386. The number of carbonyl (C=O) groups excluding carboxylic acids is 1. The number of benzene rings is 2. The SMILES string of the molecule is CCOC(=O)c1ccc(N=Cc2ccc(C=Cc3[nH]c(=O)[nH]c(=O)c3[N+](=O)[O-])cc2)cc1. The number of nitro groups is 1. The number of H-pyrrole nitrogens is 2. The normalized spacial score (nSPS) is 11.2. The summed E-state index contributed by atoms with van der Waals surface area (Å²) in [6.45, 7) is 2.05. The van der Waals surface area contributed by atoms with E-state index in [0.717, 1.165) is 5.56 Å². The predicted molar refractivity (Wildman–Crippen MR) is 119 cm³/mol. The fourth-order valence-corrected chi connectivity index (χ4v) is 2.72. The van der Waals surface area contributed by atoms with E-state index in [4.69, 9.17) is 4.74 Å². The van der Waals surface area contributed by atoms with E-state index in [0.29, 0.717) is 23.4 Å². The van der Waals surface area contributed by atoms with Gasteiger partial charge >= 0.3 is 22.9 Å². The lowest BCUT2D eigenvalue weighted by atomic mass is 10.1. The van der Waals surface area contributed by atoms with Crippen LogP contribution in [0.4, 0.5) is 11.4 Å². The Labute approximate surface area is 181 Å². The molecule has 0 fully saturated rings. The summed E-state index contributed by atoms with van der Waals surface area (Å²) in [6, 6.07) is 13.7. The topological polar surface area (TPSA) is 148 Å². The molecule has 3 aromatic rings. The predicted octanol–water partition coefficient (Wildman–Crippen LogP) is 3.07. The Bertz CT molecular complexity index is 1300. The first-order valence-electron chi connectivity index (χ1n) is 9.47. The van der Waals surface area contributed by atoms with Crippen molar-refractivity contribution in [1.82, 2.24) is 9.97 Å². The molecule has 10 nitrogen and oxygen atoms in total. The van der Waals surface area contributed by atoms with Crippen LogP contribution in [-0.4, -0.2) is 33.7 Å². The zero-order valence-corrected chi connectivity index (χ0v) is 16.9. The van der Waals surface area contributed by atoms with Crippen molar-refractivity contribution in [2.75, 3.05) is 6.61 Å². The first-order chi connectivity index (χ1) is 15.4. The molecule has 1 aromatic heterocycles. The molecule has 2 N–H and O–H groups in total. The number of rotatable bonds is 7. The van der Waals surface area contributed by atoms with E-state index in [1.165, 1.54) is 12.2 Å². The van der Waals surface area contributed by atoms with Crippen LogP contribution in [0.15, 0.2) is 63.1 Å². The Morgan fingerprint density at radius 1 is 1.03 bits per heavy atom. The number of carbonyl (C=O) groups is 1. The molecule has 0 saturated carbocycles. The maximum atomic E-state index is 11.7. The van der Waals surface area contributed by atoms with Gasteiger partial charge in [0.2, 0.25) is 0 Å². The summed E-state index contributed by atoms with van der Waals surface area (Å²) < 4.78 is 4.94. The quantitative estimate of drug-likeness (QED) is 0.253. The van der Waals surface area contributed by atoms with E-state index in [1.54, 1.807) is 61.7 Å². The highest BCUT2D eigenvalue weighted by molar-refractivity contribution is 5.90. The van der Waals surface area contributed by atoms with Crippen LogP contribution in [0.25, 0.3) is 12.2 Å². The van der Waals surface area contributed by atoms with Crippen molar-refractivity contribution < 1.29 is 14.5 Å². The summed E-state index contributed by atoms with van der Waals surface area (Å²) in [7, 11) is 0. The summed E-state index contributed by atoms with van der Waals surface area (Å²) in [5.41, 5.74) is -0.235. The standard InChI is InChI=1S/C22H18N4O6/c1-2-32-21(28)16-8-10-17(11-9-16)23-13-15-5-3-14(4-6-15)7-12-18-19(26(30)31)20(27)25-22(29)24-18/h3-13H,2H2,1H3,(H2,24,25,27,29). The number of aromatic amines is 2. The third kappa shape index (κ3) is 5.51. The molecule has 0 aliphatic carbocycles. The Hall–Kier alpha value is -4.60. The second-order valence-electron chi connectivity index (χ2n) is 6.45. The lowest BCUT2D eigenvalue weighted by Crippen LogP contribution is -2.25. The third-order valence-corrected chi connectivity index (χ3v) is 4.25. The van der Waals surface area contributed by atoms with Gasteiger partial charge in [0.1, 0.15) is 5.69 Å². The van der Waals surface area contributed by atoms with Crippen LogP contribution in [0.2, 0.25) is 0 Å². The minimum atomic E-state index is -1.07. The van der Waals surface area contributed by atoms with Gasteiger partial charge in [-0.1, -0.05) is 30.3 Å². The van der Waals surface area contributed by atoms with Crippen molar-refractivity contribution in [2.45, 2.75) is 6.92 Å². The van der Waals surface area contributed by atoms with Gasteiger partial charge in [0.25, 0.3) is 0 Å². The van der Waals surface area contributed by atoms with Gasteiger partial charge in [0, 0.05) is 6.21 Å². The van der Waals surface area contributed by atoms with Crippen LogP contribution in [0.1, 0.15) is 34.1 Å². The first kappa shape index (κ1) is 22.1. The number of hydrogen-bond donors (Lipinski definition) is 2. The molecule has 3 rings (SSSR count). The van der Waals surface area contributed by atoms with Crippen LogP contribution in [0.5, 0.6) is 0 Å². The number of esters is 1. The van der Waals surface area contributed by atoms with E-state index in [1.807, 2.05) is 4.98 Å². The minimum Gasteiger partial charge on any atom is -0.462 e. The van der Waals surface area contributed by atoms with Crippen molar-refractivity contribution in [1.29, 1.82) is 0 Å². The molecular formula is C22H18N4O6. The van der Waals surface area contributed by atoms with Gasteiger partial charge in [0.05, 0.1) is 22.8 Å². The number of aliphatic imine (C=N–C) groups is 1. The van der Waals surface area contributed by atoms with Gasteiger partial charge in [-0.05, 0) is 48.4 Å². The monoisotopic (exact) mass is 434 g/mol. The van der Waals surface area contributed by atoms with Crippen molar-refractivity contribution in [3.8, 4) is 0 Å². The summed E-state index contributed by atoms with van der Waals surface area (Å²) in [5.74, 6) is -0.388. The molecule has 0 amide bonds. The highest BCUT2D eigenvalue weighted by atomic mass is 16.6. The summed E-state index contributed by atoms with van der Waals surface area (Å²) in [6.07, 6.45) is 4.47. The Kier molecular flexibility index (Phi) is 6.86. The number of ether oxygens (including phenoxy) is 1. The van der Waals surface area contributed by atoms with Gasteiger partial charge < -0.3 is 9.72 Å². The molecule has 0 radical (unpaired) electrons. The molecule has 162 valence electrons. The molecule has 2 aromatic carbocycles. The van der Waals surface area contributed by atoms with E-state index >= 15 is 0 Å². The molecule has 0 atom stereocenters. The molecule has 0 unspecified atom stereocenters. The lowest BCUT2D eigenvalue weighted by Gasteiger charge is -2.01. The van der Waals surface area contributed by atoms with Crippen molar-refractivity contribution in [3.63, 3.8) is 0 Å². The number of hydrogen-bond acceptors (Lipinski definition) is 7. The second-order valence-corrected chi connectivity index (χ2v) is 6.45. The van der Waals surface area contributed by atoms with E-state index in [2.05, 4.69) is 9.98 Å². The van der Waals surface area contributed by atoms with Gasteiger partial charge in [-0.2, -0.15) is 0 Å². The van der Waals surface area contributed by atoms with Crippen LogP contribution < -0.4 is 11.2 Å². The van der Waals surface area contributed by atoms with Crippen LogP contribution in [0.3, 0.4) is 0 Å². The Morgan fingerprint density at radius 3 is 2.31 bits per heavy atom. The number of aromatic nitrogens is 2. The van der Waals surface area contributed by atoms with Gasteiger partial charge in [-0.3, -0.25) is 24.9 Å². The molecule has 0 spiro atoms. The van der Waals surface area contributed by atoms with Crippen LogP contribution >= 0.6 is 0 Å². The van der Waals surface area contributed by atoms with E-state index in [-0.39, 0.29) is 11.7 Å². The molecule has 1 heterocycles. The van der Waals surface area contributed by atoms with Gasteiger partial charge in [-0.15, -0.1) is 0 Å². The molecule has 32 heavy (non-hydrogen) atoms.